The number of hydrogen-bond donors (Lipinski definition) is 1. The first-order valence-corrected chi connectivity index (χ1v) is 9.28. The Morgan fingerprint density at radius 2 is 1.67 bits per heavy atom. The van der Waals surface area contributed by atoms with Gasteiger partial charge in [-0.3, -0.25) is 0 Å². The smallest absolute Gasteiger partial charge is 0.123 e. The van der Waals surface area contributed by atoms with E-state index >= 15 is 0 Å². The van der Waals surface area contributed by atoms with E-state index < -0.39 is 0 Å². The molecule has 0 heterocycles. The van der Waals surface area contributed by atoms with E-state index in [2.05, 4.69) is 35.6 Å². The molecule has 2 heteroatoms. The summed E-state index contributed by atoms with van der Waals surface area (Å²) in [6.07, 6.45) is 7.89. The number of hydrogen-bond acceptors (Lipinski definition) is 1. The Kier molecular flexibility index (Phi) is 4.41. The van der Waals surface area contributed by atoms with Crippen LogP contribution in [0.1, 0.15) is 55.6 Å². The number of halogens is 1. The highest BCUT2D eigenvalue weighted by Gasteiger charge is 2.47. The van der Waals surface area contributed by atoms with Crippen LogP contribution < -0.4 is 5.32 Å². The van der Waals surface area contributed by atoms with E-state index in [0.717, 1.165) is 18.0 Å². The molecule has 1 N–H and O–H groups in total. The van der Waals surface area contributed by atoms with E-state index in [1.54, 1.807) is 12.1 Å². The summed E-state index contributed by atoms with van der Waals surface area (Å²) >= 11 is 0. The van der Waals surface area contributed by atoms with Crippen molar-refractivity contribution in [3.05, 3.63) is 71.5 Å². The van der Waals surface area contributed by atoms with Gasteiger partial charge in [-0.25, -0.2) is 4.39 Å². The maximum absolute atomic E-state index is 13.3. The lowest BCUT2D eigenvalue weighted by atomic mass is 9.55. The average Bonchev–Trinajstić information content (AvgIpc) is 2.62. The van der Waals surface area contributed by atoms with Crippen molar-refractivity contribution in [2.45, 2.75) is 57.0 Å². The van der Waals surface area contributed by atoms with Crippen LogP contribution in [0, 0.1) is 11.2 Å². The fourth-order valence-corrected chi connectivity index (χ4v) is 4.75. The SMILES string of the molecule is Fc1cccc(CNC2CCC23CCC(c2ccccc2)CC3)c1. The van der Waals surface area contributed by atoms with Gasteiger partial charge in [0.25, 0.3) is 0 Å². The third-order valence-corrected chi connectivity index (χ3v) is 6.36. The minimum absolute atomic E-state index is 0.138. The van der Waals surface area contributed by atoms with Crippen LogP contribution in [-0.2, 0) is 6.54 Å². The minimum Gasteiger partial charge on any atom is -0.309 e. The van der Waals surface area contributed by atoms with Gasteiger partial charge in [0.2, 0.25) is 0 Å². The standard InChI is InChI=1S/C22H26FN/c23-20-8-4-5-17(15-20)16-24-21-11-14-22(21)12-9-19(10-13-22)18-6-2-1-3-7-18/h1-8,15,19,21,24H,9-14,16H2. The highest BCUT2D eigenvalue weighted by molar-refractivity contribution is 5.21. The quantitative estimate of drug-likeness (QED) is 0.792. The van der Waals surface area contributed by atoms with E-state index in [1.165, 1.54) is 50.2 Å². The maximum atomic E-state index is 13.3. The second kappa shape index (κ2) is 6.68. The Morgan fingerprint density at radius 3 is 2.33 bits per heavy atom. The molecule has 2 saturated carbocycles. The Labute approximate surface area is 144 Å². The van der Waals surface area contributed by atoms with E-state index in [9.17, 15) is 4.39 Å². The molecule has 126 valence electrons. The van der Waals surface area contributed by atoms with Gasteiger partial charge >= 0.3 is 0 Å². The van der Waals surface area contributed by atoms with E-state index in [0.29, 0.717) is 11.5 Å². The highest BCUT2D eigenvalue weighted by Crippen LogP contribution is 2.54. The lowest BCUT2D eigenvalue weighted by molar-refractivity contribution is 0.0164. The summed E-state index contributed by atoms with van der Waals surface area (Å²) in [6.45, 7) is 0.784. The van der Waals surface area contributed by atoms with Crippen molar-refractivity contribution in [1.82, 2.24) is 5.32 Å². The van der Waals surface area contributed by atoms with Crippen molar-refractivity contribution in [2.75, 3.05) is 0 Å². The number of rotatable bonds is 4. The average molecular weight is 323 g/mol. The summed E-state index contributed by atoms with van der Waals surface area (Å²) in [7, 11) is 0. The fraction of sp³-hybridized carbons (Fsp3) is 0.455. The Hall–Kier alpha value is -1.67. The normalized spacial score (nSPS) is 29.4. The van der Waals surface area contributed by atoms with Gasteiger partial charge in [-0.15, -0.1) is 0 Å². The van der Waals surface area contributed by atoms with Crippen molar-refractivity contribution < 1.29 is 4.39 Å². The van der Waals surface area contributed by atoms with Gasteiger partial charge in [0.05, 0.1) is 0 Å². The van der Waals surface area contributed by atoms with Crippen LogP contribution in [0.15, 0.2) is 54.6 Å². The van der Waals surface area contributed by atoms with Crippen LogP contribution >= 0.6 is 0 Å². The fourth-order valence-electron chi connectivity index (χ4n) is 4.75. The van der Waals surface area contributed by atoms with Gasteiger partial charge < -0.3 is 5.32 Å². The second-order valence-electron chi connectivity index (χ2n) is 7.65. The van der Waals surface area contributed by atoms with Gasteiger partial charge in [0.1, 0.15) is 5.82 Å². The van der Waals surface area contributed by atoms with E-state index in [-0.39, 0.29) is 5.82 Å². The largest absolute Gasteiger partial charge is 0.309 e. The molecule has 0 amide bonds. The van der Waals surface area contributed by atoms with Crippen molar-refractivity contribution in [2.24, 2.45) is 5.41 Å². The molecule has 4 rings (SSSR count). The first-order valence-electron chi connectivity index (χ1n) is 9.28. The molecule has 0 aliphatic heterocycles. The summed E-state index contributed by atoms with van der Waals surface area (Å²) in [5, 5.41) is 3.71. The topological polar surface area (TPSA) is 12.0 Å². The molecule has 0 aromatic heterocycles. The minimum atomic E-state index is -0.138. The second-order valence-corrected chi connectivity index (χ2v) is 7.65. The molecule has 0 bridgehead atoms. The highest BCUT2D eigenvalue weighted by atomic mass is 19.1. The van der Waals surface area contributed by atoms with E-state index in [1.807, 2.05) is 6.07 Å². The molecule has 2 aliphatic rings. The Bertz CT molecular complexity index is 673. The third-order valence-electron chi connectivity index (χ3n) is 6.36. The molecule has 0 radical (unpaired) electrons. The molecule has 1 unspecified atom stereocenters. The predicted molar refractivity (Wildman–Crippen MR) is 96.3 cm³/mol. The van der Waals surface area contributed by atoms with Crippen molar-refractivity contribution in [1.29, 1.82) is 0 Å². The van der Waals surface area contributed by atoms with Crippen LogP contribution in [0.5, 0.6) is 0 Å². The first kappa shape index (κ1) is 15.8. The predicted octanol–water partition coefficient (Wildman–Crippen LogP) is 5.42. The molecular formula is C22H26FN. The van der Waals surface area contributed by atoms with Crippen molar-refractivity contribution in [3.63, 3.8) is 0 Å². The van der Waals surface area contributed by atoms with Crippen LogP contribution in [0.25, 0.3) is 0 Å². The van der Waals surface area contributed by atoms with Gasteiger partial charge in [0.15, 0.2) is 0 Å². The molecule has 1 nitrogen and oxygen atoms in total. The molecule has 24 heavy (non-hydrogen) atoms. The van der Waals surface area contributed by atoms with Crippen LogP contribution in [0.4, 0.5) is 4.39 Å². The summed E-state index contributed by atoms with van der Waals surface area (Å²) in [5.41, 5.74) is 3.06. The van der Waals surface area contributed by atoms with Crippen LogP contribution in [-0.4, -0.2) is 6.04 Å². The van der Waals surface area contributed by atoms with Crippen LogP contribution in [0.2, 0.25) is 0 Å². The zero-order valence-electron chi connectivity index (χ0n) is 14.2. The molecule has 0 saturated heterocycles. The molecule has 2 aromatic rings. The third kappa shape index (κ3) is 3.12. The van der Waals surface area contributed by atoms with Crippen molar-refractivity contribution >= 4 is 0 Å². The van der Waals surface area contributed by atoms with Gasteiger partial charge in [-0.2, -0.15) is 0 Å². The van der Waals surface area contributed by atoms with E-state index in [4.69, 9.17) is 0 Å². The number of benzene rings is 2. The van der Waals surface area contributed by atoms with Gasteiger partial charge in [0, 0.05) is 12.6 Å². The number of nitrogens with one attached hydrogen (secondary N) is 1. The van der Waals surface area contributed by atoms with Gasteiger partial charge in [-0.1, -0.05) is 42.5 Å². The summed E-state index contributed by atoms with van der Waals surface area (Å²) in [4.78, 5) is 0. The maximum Gasteiger partial charge on any atom is 0.123 e. The monoisotopic (exact) mass is 323 g/mol. The molecule has 2 aliphatic carbocycles. The van der Waals surface area contributed by atoms with Crippen LogP contribution in [0.3, 0.4) is 0 Å². The Morgan fingerprint density at radius 1 is 0.917 bits per heavy atom. The molecular weight excluding hydrogens is 297 g/mol. The summed E-state index contributed by atoms with van der Waals surface area (Å²) < 4.78 is 13.3. The molecule has 1 atom stereocenters. The lowest BCUT2D eigenvalue weighted by Crippen LogP contribution is -2.54. The Balaban J connectivity index is 1.34. The zero-order valence-corrected chi connectivity index (χ0v) is 14.2. The zero-order chi connectivity index (χ0) is 16.4. The molecule has 1 spiro atoms. The van der Waals surface area contributed by atoms with Gasteiger partial charge in [-0.05, 0) is 73.1 Å². The first-order chi connectivity index (χ1) is 11.8. The summed E-state index contributed by atoms with van der Waals surface area (Å²) in [6, 6.07) is 18.6. The molecule has 2 aromatic carbocycles. The molecule has 2 fully saturated rings. The summed E-state index contributed by atoms with van der Waals surface area (Å²) in [5.74, 6) is 0.599. The lowest BCUT2D eigenvalue weighted by Gasteiger charge is -2.54. The van der Waals surface area contributed by atoms with Crippen molar-refractivity contribution in [3.8, 4) is 0 Å².